The second kappa shape index (κ2) is 6.43. The van der Waals surface area contributed by atoms with Gasteiger partial charge in [-0.15, -0.1) is 0 Å². The minimum atomic E-state index is -4.44. The van der Waals surface area contributed by atoms with Crippen molar-refractivity contribution >= 4 is 10.0 Å². The van der Waals surface area contributed by atoms with Gasteiger partial charge in [0, 0.05) is 12.6 Å². The first-order chi connectivity index (χ1) is 8.25. The molecule has 3 nitrogen and oxygen atoms in total. The molecular formula is C12H24F3NO2S. The van der Waals surface area contributed by atoms with E-state index in [-0.39, 0.29) is 18.0 Å². The van der Waals surface area contributed by atoms with E-state index in [0.717, 1.165) is 0 Å². The monoisotopic (exact) mass is 303 g/mol. The molecule has 7 heteroatoms. The lowest BCUT2D eigenvalue weighted by Gasteiger charge is -2.29. The van der Waals surface area contributed by atoms with E-state index in [2.05, 4.69) is 0 Å². The molecule has 0 aromatic carbocycles. The Kier molecular flexibility index (Phi) is 6.33. The molecule has 0 N–H and O–H groups in total. The van der Waals surface area contributed by atoms with Crippen LogP contribution in [0.15, 0.2) is 0 Å². The molecule has 0 radical (unpaired) electrons. The maximum atomic E-state index is 12.1. The molecule has 0 fully saturated rings. The number of hydrogen-bond acceptors (Lipinski definition) is 2. The number of alkyl halides is 3. The predicted octanol–water partition coefficient (Wildman–Crippen LogP) is 3.42. The van der Waals surface area contributed by atoms with Gasteiger partial charge in [0.1, 0.15) is 0 Å². The first-order valence-electron chi connectivity index (χ1n) is 6.31. The van der Waals surface area contributed by atoms with Gasteiger partial charge in [-0.3, -0.25) is 0 Å². The summed E-state index contributed by atoms with van der Waals surface area (Å²) >= 11 is 0. The zero-order valence-corrected chi connectivity index (χ0v) is 13.0. The van der Waals surface area contributed by atoms with Crippen LogP contribution in [0.1, 0.15) is 47.5 Å². The van der Waals surface area contributed by atoms with Crippen LogP contribution in [0.4, 0.5) is 13.2 Å². The fourth-order valence-electron chi connectivity index (χ4n) is 1.53. The Morgan fingerprint density at radius 3 is 1.84 bits per heavy atom. The smallest absolute Gasteiger partial charge is 0.212 e. The van der Waals surface area contributed by atoms with Gasteiger partial charge < -0.3 is 0 Å². The van der Waals surface area contributed by atoms with Crippen molar-refractivity contribution in [3.8, 4) is 0 Å². The van der Waals surface area contributed by atoms with Gasteiger partial charge in [-0.05, 0) is 25.7 Å². The Morgan fingerprint density at radius 1 is 1.05 bits per heavy atom. The van der Waals surface area contributed by atoms with E-state index in [9.17, 15) is 21.6 Å². The van der Waals surface area contributed by atoms with Crippen molar-refractivity contribution in [1.29, 1.82) is 0 Å². The van der Waals surface area contributed by atoms with E-state index in [4.69, 9.17) is 0 Å². The fourth-order valence-corrected chi connectivity index (χ4v) is 3.26. The van der Waals surface area contributed by atoms with E-state index in [1.54, 1.807) is 13.8 Å². The fraction of sp³-hybridized carbons (Fsp3) is 1.00. The molecule has 0 atom stereocenters. The SMILES string of the molecule is CC(C)N(CCC(C)(C)C)S(=O)(=O)CCC(F)(F)F. The van der Waals surface area contributed by atoms with Gasteiger partial charge in [0.05, 0.1) is 12.2 Å². The molecule has 0 amide bonds. The maximum absolute atomic E-state index is 12.1. The second-order valence-corrected chi connectivity index (χ2v) is 8.24. The largest absolute Gasteiger partial charge is 0.390 e. The molecule has 0 unspecified atom stereocenters. The summed E-state index contributed by atoms with van der Waals surface area (Å²) in [5.74, 6) is -0.876. The topological polar surface area (TPSA) is 37.4 Å². The van der Waals surface area contributed by atoms with E-state index in [1.165, 1.54) is 4.31 Å². The van der Waals surface area contributed by atoms with Crippen LogP contribution in [0, 0.1) is 5.41 Å². The third kappa shape index (κ3) is 8.47. The number of hydrogen-bond donors (Lipinski definition) is 0. The molecule has 0 aromatic rings. The Balaban J connectivity index is 4.78. The Labute approximate surface area is 114 Å². The number of sulfonamides is 1. The quantitative estimate of drug-likeness (QED) is 0.754. The van der Waals surface area contributed by atoms with Crippen molar-refractivity contribution in [3.63, 3.8) is 0 Å². The second-order valence-electron chi connectivity index (χ2n) is 6.20. The van der Waals surface area contributed by atoms with Crippen LogP contribution >= 0.6 is 0 Å². The number of nitrogens with zero attached hydrogens (tertiary/aromatic N) is 1. The first kappa shape index (κ1) is 18.7. The summed E-state index contributed by atoms with van der Waals surface area (Å²) in [7, 11) is -3.86. The Morgan fingerprint density at radius 2 is 1.53 bits per heavy atom. The van der Waals surface area contributed by atoms with Gasteiger partial charge in [0.15, 0.2) is 0 Å². The molecule has 0 heterocycles. The van der Waals surface area contributed by atoms with Crippen molar-refractivity contribution in [2.45, 2.75) is 59.7 Å². The Hall–Kier alpha value is -0.300. The van der Waals surface area contributed by atoms with Gasteiger partial charge in [-0.25, -0.2) is 8.42 Å². The molecular weight excluding hydrogens is 279 g/mol. The van der Waals surface area contributed by atoms with Crippen molar-refractivity contribution in [2.75, 3.05) is 12.3 Å². The summed E-state index contributed by atoms with van der Waals surface area (Å²) in [6.07, 6.45) is -5.13. The molecule has 0 aliphatic rings. The molecule has 0 saturated carbocycles. The van der Waals surface area contributed by atoms with Gasteiger partial charge in [0.25, 0.3) is 0 Å². The maximum Gasteiger partial charge on any atom is 0.390 e. The van der Waals surface area contributed by atoms with Gasteiger partial charge in [-0.1, -0.05) is 20.8 Å². The summed E-state index contributed by atoms with van der Waals surface area (Å²) < 4.78 is 61.5. The van der Waals surface area contributed by atoms with Crippen molar-refractivity contribution < 1.29 is 21.6 Å². The van der Waals surface area contributed by atoms with Crippen molar-refractivity contribution in [1.82, 2.24) is 4.31 Å². The summed E-state index contributed by atoms with van der Waals surface area (Å²) in [6.45, 7) is 9.50. The molecule has 116 valence electrons. The lowest BCUT2D eigenvalue weighted by Crippen LogP contribution is -2.41. The van der Waals surface area contributed by atoms with E-state index in [0.29, 0.717) is 6.42 Å². The van der Waals surface area contributed by atoms with Gasteiger partial charge in [0.2, 0.25) is 10.0 Å². The highest BCUT2D eigenvalue weighted by Crippen LogP contribution is 2.24. The third-order valence-corrected chi connectivity index (χ3v) is 4.70. The standard InChI is InChI=1S/C12H24F3NO2S/c1-10(2)16(8-6-11(3,4)5)19(17,18)9-7-12(13,14)15/h10H,6-9H2,1-5H3. The van der Waals surface area contributed by atoms with Crippen molar-refractivity contribution in [2.24, 2.45) is 5.41 Å². The molecule has 0 saturated heterocycles. The normalized spacial score (nSPS) is 14.4. The van der Waals surface area contributed by atoms with Crippen LogP contribution in [0.5, 0.6) is 0 Å². The lowest BCUT2D eigenvalue weighted by atomic mass is 9.92. The number of halogens is 3. The summed E-state index contributed by atoms with van der Waals surface area (Å²) in [5.41, 5.74) is -0.0628. The first-order valence-corrected chi connectivity index (χ1v) is 7.92. The van der Waals surface area contributed by atoms with Crippen LogP contribution in [0.25, 0.3) is 0 Å². The van der Waals surface area contributed by atoms with Crippen LogP contribution in [-0.4, -0.2) is 37.2 Å². The van der Waals surface area contributed by atoms with E-state index < -0.39 is 28.4 Å². The van der Waals surface area contributed by atoms with Crippen molar-refractivity contribution in [3.05, 3.63) is 0 Å². The zero-order valence-electron chi connectivity index (χ0n) is 12.2. The number of rotatable bonds is 6. The molecule has 0 bridgehead atoms. The third-order valence-electron chi connectivity index (χ3n) is 2.66. The average Bonchev–Trinajstić information content (AvgIpc) is 2.11. The summed E-state index contributed by atoms with van der Waals surface area (Å²) in [5, 5.41) is 0. The average molecular weight is 303 g/mol. The zero-order chi connectivity index (χ0) is 15.5. The van der Waals surface area contributed by atoms with E-state index >= 15 is 0 Å². The summed E-state index contributed by atoms with van der Waals surface area (Å²) in [4.78, 5) is 0. The molecule has 0 aromatic heterocycles. The van der Waals surface area contributed by atoms with Gasteiger partial charge in [-0.2, -0.15) is 17.5 Å². The van der Waals surface area contributed by atoms with Crippen LogP contribution in [0.2, 0.25) is 0 Å². The van der Waals surface area contributed by atoms with Crippen LogP contribution in [-0.2, 0) is 10.0 Å². The molecule has 0 spiro atoms. The van der Waals surface area contributed by atoms with Gasteiger partial charge >= 0.3 is 6.18 Å². The molecule has 19 heavy (non-hydrogen) atoms. The Bertz CT molecular complexity index is 369. The molecule has 0 aliphatic heterocycles. The molecule has 0 rings (SSSR count). The predicted molar refractivity (Wildman–Crippen MR) is 70.4 cm³/mol. The van der Waals surface area contributed by atoms with Crippen LogP contribution in [0.3, 0.4) is 0 Å². The highest BCUT2D eigenvalue weighted by atomic mass is 32.2. The van der Waals surface area contributed by atoms with E-state index in [1.807, 2.05) is 20.8 Å². The minimum Gasteiger partial charge on any atom is -0.212 e. The highest BCUT2D eigenvalue weighted by molar-refractivity contribution is 7.89. The van der Waals surface area contributed by atoms with Crippen LogP contribution < -0.4 is 0 Å². The lowest BCUT2D eigenvalue weighted by molar-refractivity contribution is -0.130. The summed E-state index contributed by atoms with van der Waals surface area (Å²) in [6, 6.07) is -0.333. The molecule has 0 aliphatic carbocycles. The highest BCUT2D eigenvalue weighted by Gasteiger charge is 2.33. The minimum absolute atomic E-state index is 0.0628.